The molecule has 0 fully saturated rings. The van der Waals surface area contributed by atoms with Gasteiger partial charge in [-0.05, 0) is 30.7 Å². The molecule has 0 aliphatic carbocycles. The van der Waals surface area contributed by atoms with Gasteiger partial charge in [0, 0.05) is 13.0 Å². The van der Waals surface area contributed by atoms with Crippen LogP contribution in [0, 0.1) is 5.92 Å². The van der Waals surface area contributed by atoms with Crippen molar-refractivity contribution >= 4 is 11.9 Å². The molecule has 0 heterocycles. The van der Waals surface area contributed by atoms with Crippen LogP contribution < -0.4 is 14.8 Å². The standard InChI is InChI=1S/C15H21NO5/c1-11(15(18)19)10-16-14(17)4-3-9-21-13-7-5-12(20-2)6-8-13/h5-8,11H,3-4,9-10H2,1-2H3,(H,16,17)(H,18,19). The second kappa shape index (κ2) is 8.84. The van der Waals surface area contributed by atoms with E-state index in [9.17, 15) is 9.59 Å². The van der Waals surface area contributed by atoms with Gasteiger partial charge in [0.1, 0.15) is 11.5 Å². The quantitative estimate of drug-likeness (QED) is 0.677. The molecule has 6 nitrogen and oxygen atoms in total. The van der Waals surface area contributed by atoms with E-state index < -0.39 is 11.9 Å². The third-order valence-electron chi connectivity index (χ3n) is 2.90. The summed E-state index contributed by atoms with van der Waals surface area (Å²) in [7, 11) is 1.60. The topological polar surface area (TPSA) is 84.9 Å². The summed E-state index contributed by atoms with van der Waals surface area (Å²) in [4.78, 5) is 22.1. The van der Waals surface area contributed by atoms with Crippen LogP contribution in [0.25, 0.3) is 0 Å². The number of carbonyl (C=O) groups excluding carboxylic acids is 1. The lowest BCUT2D eigenvalue weighted by Gasteiger charge is -2.09. The number of methoxy groups -OCH3 is 1. The molecule has 1 aromatic rings. The fraction of sp³-hybridized carbons (Fsp3) is 0.467. The number of carboxylic acids is 1. The fourth-order valence-corrected chi connectivity index (χ4v) is 1.54. The lowest BCUT2D eigenvalue weighted by Crippen LogP contribution is -2.31. The number of hydrogen-bond donors (Lipinski definition) is 2. The first-order chi connectivity index (χ1) is 10.0. The molecule has 0 bridgehead atoms. The van der Waals surface area contributed by atoms with Gasteiger partial charge in [-0.1, -0.05) is 6.92 Å². The van der Waals surface area contributed by atoms with E-state index in [0.717, 1.165) is 11.5 Å². The zero-order chi connectivity index (χ0) is 15.7. The summed E-state index contributed by atoms with van der Waals surface area (Å²) >= 11 is 0. The van der Waals surface area contributed by atoms with Crippen LogP contribution in [0.5, 0.6) is 11.5 Å². The maximum atomic E-state index is 11.5. The van der Waals surface area contributed by atoms with Gasteiger partial charge in [0.15, 0.2) is 0 Å². The normalized spacial score (nSPS) is 11.5. The van der Waals surface area contributed by atoms with Crippen LogP contribution in [0.1, 0.15) is 19.8 Å². The number of carbonyl (C=O) groups is 2. The van der Waals surface area contributed by atoms with E-state index in [1.807, 2.05) is 0 Å². The molecule has 1 aromatic carbocycles. The van der Waals surface area contributed by atoms with Crippen molar-refractivity contribution in [2.24, 2.45) is 5.92 Å². The van der Waals surface area contributed by atoms with Gasteiger partial charge in [0.25, 0.3) is 0 Å². The first kappa shape index (κ1) is 16.8. The van der Waals surface area contributed by atoms with Gasteiger partial charge < -0.3 is 19.9 Å². The van der Waals surface area contributed by atoms with Crippen LogP contribution in [0.15, 0.2) is 24.3 Å². The summed E-state index contributed by atoms with van der Waals surface area (Å²) in [6.07, 6.45) is 0.877. The number of aliphatic carboxylic acids is 1. The molecule has 1 rings (SSSR count). The summed E-state index contributed by atoms with van der Waals surface area (Å²) in [5, 5.41) is 11.3. The summed E-state index contributed by atoms with van der Waals surface area (Å²) in [6.45, 7) is 2.12. The van der Waals surface area contributed by atoms with Gasteiger partial charge >= 0.3 is 5.97 Å². The van der Waals surface area contributed by atoms with Crippen molar-refractivity contribution in [1.29, 1.82) is 0 Å². The van der Waals surface area contributed by atoms with E-state index in [1.54, 1.807) is 38.3 Å². The second-order valence-electron chi connectivity index (χ2n) is 4.67. The zero-order valence-electron chi connectivity index (χ0n) is 12.3. The van der Waals surface area contributed by atoms with Gasteiger partial charge in [-0.2, -0.15) is 0 Å². The smallest absolute Gasteiger partial charge is 0.308 e. The van der Waals surface area contributed by atoms with E-state index in [0.29, 0.717) is 19.4 Å². The number of carboxylic acid groups (broad SMARTS) is 1. The van der Waals surface area contributed by atoms with Crippen molar-refractivity contribution in [3.8, 4) is 11.5 Å². The molecule has 116 valence electrons. The summed E-state index contributed by atoms with van der Waals surface area (Å²) in [5.41, 5.74) is 0. The lowest BCUT2D eigenvalue weighted by atomic mass is 10.2. The van der Waals surface area contributed by atoms with Crippen LogP contribution in [-0.2, 0) is 9.59 Å². The first-order valence-electron chi connectivity index (χ1n) is 6.79. The van der Waals surface area contributed by atoms with E-state index in [2.05, 4.69) is 5.32 Å². The number of hydrogen-bond acceptors (Lipinski definition) is 4. The molecule has 1 unspecified atom stereocenters. The van der Waals surface area contributed by atoms with Crippen molar-refractivity contribution in [1.82, 2.24) is 5.32 Å². The number of amides is 1. The molecular weight excluding hydrogens is 274 g/mol. The Morgan fingerprint density at radius 2 is 1.86 bits per heavy atom. The Morgan fingerprint density at radius 1 is 1.24 bits per heavy atom. The number of ether oxygens (including phenoxy) is 2. The van der Waals surface area contributed by atoms with Gasteiger partial charge in [-0.15, -0.1) is 0 Å². The Hall–Kier alpha value is -2.24. The van der Waals surface area contributed by atoms with Crippen LogP contribution in [-0.4, -0.2) is 37.2 Å². The third-order valence-corrected chi connectivity index (χ3v) is 2.90. The maximum Gasteiger partial charge on any atom is 0.308 e. The van der Waals surface area contributed by atoms with Crippen molar-refractivity contribution in [2.75, 3.05) is 20.3 Å². The lowest BCUT2D eigenvalue weighted by molar-refractivity contribution is -0.141. The molecule has 0 aromatic heterocycles. The molecule has 6 heteroatoms. The van der Waals surface area contributed by atoms with Crippen molar-refractivity contribution in [3.63, 3.8) is 0 Å². The van der Waals surface area contributed by atoms with Crippen LogP contribution in [0.3, 0.4) is 0 Å². The van der Waals surface area contributed by atoms with E-state index in [1.165, 1.54) is 0 Å². The Balaban J connectivity index is 2.15. The molecule has 1 atom stereocenters. The highest BCUT2D eigenvalue weighted by Gasteiger charge is 2.11. The van der Waals surface area contributed by atoms with Crippen molar-refractivity contribution < 1.29 is 24.2 Å². The SMILES string of the molecule is COc1ccc(OCCCC(=O)NCC(C)C(=O)O)cc1. The number of nitrogens with one attached hydrogen (secondary N) is 1. The van der Waals surface area contributed by atoms with Crippen molar-refractivity contribution in [2.45, 2.75) is 19.8 Å². The Bertz CT molecular complexity index is 458. The van der Waals surface area contributed by atoms with Gasteiger partial charge in [-0.3, -0.25) is 9.59 Å². The average Bonchev–Trinajstić information content (AvgIpc) is 2.49. The Morgan fingerprint density at radius 3 is 2.43 bits per heavy atom. The predicted molar refractivity (Wildman–Crippen MR) is 77.5 cm³/mol. The summed E-state index contributed by atoms with van der Waals surface area (Å²) in [6, 6.07) is 7.20. The molecule has 0 spiro atoms. The fourth-order valence-electron chi connectivity index (χ4n) is 1.54. The first-order valence-corrected chi connectivity index (χ1v) is 6.79. The van der Waals surface area contributed by atoms with Crippen LogP contribution >= 0.6 is 0 Å². The van der Waals surface area contributed by atoms with Crippen LogP contribution in [0.2, 0.25) is 0 Å². The monoisotopic (exact) mass is 295 g/mol. The molecular formula is C15H21NO5. The maximum absolute atomic E-state index is 11.5. The molecule has 0 saturated carbocycles. The largest absolute Gasteiger partial charge is 0.497 e. The number of rotatable bonds is 9. The summed E-state index contributed by atoms with van der Waals surface area (Å²) < 4.78 is 10.5. The molecule has 0 radical (unpaired) electrons. The van der Waals surface area contributed by atoms with Gasteiger partial charge in [0.2, 0.25) is 5.91 Å². The zero-order valence-corrected chi connectivity index (χ0v) is 12.3. The van der Waals surface area contributed by atoms with Gasteiger partial charge in [-0.25, -0.2) is 0 Å². The molecule has 21 heavy (non-hydrogen) atoms. The molecule has 0 aliphatic heterocycles. The third kappa shape index (κ3) is 6.65. The van der Waals surface area contributed by atoms with E-state index in [4.69, 9.17) is 14.6 Å². The highest BCUT2D eigenvalue weighted by atomic mass is 16.5. The highest BCUT2D eigenvalue weighted by molar-refractivity contribution is 5.77. The van der Waals surface area contributed by atoms with Crippen LogP contribution in [0.4, 0.5) is 0 Å². The molecule has 0 saturated heterocycles. The molecule has 1 amide bonds. The highest BCUT2D eigenvalue weighted by Crippen LogP contribution is 2.17. The predicted octanol–water partition coefficient (Wildman–Crippen LogP) is 1.69. The van der Waals surface area contributed by atoms with E-state index >= 15 is 0 Å². The molecule has 0 aliphatic rings. The summed E-state index contributed by atoms with van der Waals surface area (Å²) in [5.74, 6) is -0.186. The second-order valence-corrected chi connectivity index (χ2v) is 4.67. The van der Waals surface area contributed by atoms with Gasteiger partial charge in [0.05, 0.1) is 19.6 Å². The molecule has 2 N–H and O–H groups in total. The van der Waals surface area contributed by atoms with E-state index in [-0.39, 0.29) is 12.5 Å². The number of benzene rings is 1. The minimum atomic E-state index is -0.918. The minimum absolute atomic E-state index is 0.146. The average molecular weight is 295 g/mol. The van der Waals surface area contributed by atoms with Crippen molar-refractivity contribution in [3.05, 3.63) is 24.3 Å². The Kier molecular flexibility index (Phi) is 7.08. The Labute approximate surface area is 124 Å². The minimum Gasteiger partial charge on any atom is -0.497 e.